The lowest BCUT2D eigenvalue weighted by molar-refractivity contribution is 0.181. The van der Waals surface area contributed by atoms with E-state index in [-0.39, 0.29) is 11.9 Å². The summed E-state index contributed by atoms with van der Waals surface area (Å²) in [4.78, 5) is 5.98. The Morgan fingerprint density at radius 2 is 2.31 bits per heavy atom. The first-order chi connectivity index (χ1) is 7.60. The monoisotopic (exact) mass is 290 g/mol. The Morgan fingerprint density at radius 3 is 2.81 bits per heavy atom. The van der Waals surface area contributed by atoms with Crippen LogP contribution >= 0.6 is 15.9 Å². The fraction of sp³-hybridized carbons (Fsp3) is 0.545. The Morgan fingerprint density at radius 1 is 1.62 bits per heavy atom. The zero-order chi connectivity index (χ0) is 12.1. The van der Waals surface area contributed by atoms with Gasteiger partial charge in [-0.15, -0.1) is 0 Å². The van der Waals surface area contributed by atoms with Crippen molar-refractivity contribution >= 4 is 21.7 Å². The standard InChI is InChI=1S/C11H16BrFN2O/c1-4-15(8(2)7-16-3)11-10(13)5-9(12)6-14-11/h5-6,8H,4,7H2,1-3H3. The number of likely N-dealkylation sites (N-methyl/N-ethyl adjacent to an activating group) is 1. The van der Waals surface area contributed by atoms with E-state index in [4.69, 9.17) is 4.74 Å². The molecule has 0 bridgehead atoms. The predicted octanol–water partition coefficient (Wildman–Crippen LogP) is 2.84. The molecule has 1 aromatic heterocycles. The predicted molar refractivity (Wildman–Crippen MR) is 66.3 cm³/mol. The molecule has 0 aromatic carbocycles. The first-order valence-corrected chi connectivity index (χ1v) is 5.96. The Balaban J connectivity index is 2.94. The molecule has 0 spiro atoms. The van der Waals surface area contributed by atoms with Crippen molar-refractivity contribution in [1.29, 1.82) is 0 Å². The second kappa shape index (κ2) is 6.15. The summed E-state index contributed by atoms with van der Waals surface area (Å²) in [5.74, 6) is 0.0504. The second-order valence-corrected chi connectivity index (χ2v) is 4.47. The van der Waals surface area contributed by atoms with Crippen molar-refractivity contribution in [2.24, 2.45) is 0 Å². The third-order valence-corrected chi connectivity index (χ3v) is 2.77. The lowest BCUT2D eigenvalue weighted by Gasteiger charge is -2.28. The highest BCUT2D eigenvalue weighted by atomic mass is 79.9. The van der Waals surface area contributed by atoms with Crippen molar-refractivity contribution in [1.82, 2.24) is 4.98 Å². The molecule has 1 unspecified atom stereocenters. The van der Waals surface area contributed by atoms with Crippen LogP contribution in [0.2, 0.25) is 0 Å². The smallest absolute Gasteiger partial charge is 0.166 e. The van der Waals surface area contributed by atoms with Gasteiger partial charge in [0.2, 0.25) is 0 Å². The average Bonchev–Trinajstić information content (AvgIpc) is 2.22. The molecule has 0 aliphatic rings. The molecule has 3 nitrogen and oxygen atoms in total. The van der Waals surface area contributed by atoms with Crippen molar-refractivity contribution in [3.63, 3.8) is 0 Å². The number of methoxy groups -OCH3 is 1. The van der Waals surface area contributed by atoms with E-state index >= 15 is 0 Å². The summed E-state index contributed by atoms with van der Waals surface area (Å²) in [7, 11) is 1.63. The van der Waals surface area contributed by atoms with E-state index in [0.29, 0.717) is 23.4 Å². The highest BCUT2D eigenvalue weighted by Gasteiger charge is 2.17. The Bertz CT molecular complexity index is 349. The van der Waals surface area contributed by atoms with Crippen LogP contribution in [0.5, 0.6) is 0 Å². The molecule has 0 aliphatic heterocycles. The van der Waals surface area contributed by atoms with Gasteiger partial charge in [0.15, 0.2) is 11.6 Å². The van der Waals surface area contributed by atoms with Gasteiger partial charge in [0.1, 0.15) is 0 Å². The topological polar surface area (TPSA) is 25.4 Å². The molecule has 1 atom stereocenters. The summed E-state index contributed by atoms with van der Waals surface area (Å²) >= 11 is 3.19. The largest absolute Gasteiger partial charge is 0.383 e. The molecular formula is C11H16BrFN2O. The van der Waals surface area contributed by atoms with Crippen molar-refractivity contribution in [2.45, 2.75) is 19.9 Å². The van der Waals surface area contributed by atoms with Crippen molar-refractivity contribution in [3.05, 3.63) is 22.6 Å². The van der Waals surface area contributed by atoms with E-state index in [1.54, 1.807) is 13.3 Å². The van der Waals surface area contributed by atoms with E-state index in [1.807, 2.05) is 18.7 Å². The van der Waals surface area contributed by atoms with Crippen LogP contribution in [0.1, 0.15) is 13.8 Å². The van der Waals surface area contributed by atoms with Gasteiger partial charge >= 0.3 is 0 Å². The van der Waals surface area contributed by atoms with Gasteiger partial charge in [-0.2, -0.15) is 0 Å². The van der Waals surface area contributed by atoms with Crippen LogP contribution in [-0.4, -0.2) is 31.3 Å². The van der Waals surface area contributed by atoms with Crippen LogP contribution in [0.4, 0.5) is 10.2 Å². The highest BCUT2D eigenvalue weighted by molar-refractivity contribution is 9.10. The van der Waals surface area contributed by atoms with Gasteiger partial charge < -0.3 is 9.64 Å². The fourth-order valence-corrected chi connectivity index (χ4v) is 1.92. The van der Waals surface area contributed by atoms with Gasteiger partial charge in [0.05, 0.1) is 12.6 Å². The highest BCUT2D eigenvalue weighted by Crippen LogP contribution is 2.21. The lowest BCUT2D eigenvalue weighted by Crippen LogP contribution is -2.37. The maximum Gasteiger partial charge on any atom is 0.166 e. The number of pyridine rings is 1. The summed E-state index contributed by atoms with van der Waals surface area (Å²) in [6.07, 6.45) is 1.60. The zero-order valence-corrected chi connectivity index (χ0v) is 11.3. The minimum absolute atomic E-state index is 0.0955. The number of nitrogens with zero attached hydrogens (tertiary/aromatic N) is 2. The van der Waals surface area contributed by atoms with Crippen LogP contribution in [0.15, 0.2) is 16.7 Å². The molecule has 1 heterocycles. The molecule has 0 saturated carbocycles. The summed E-state index contributed by atoms with van der Waals surface area (Å²) in [6.45, 7) is 5.19. The Kier molecular flexibility index (Phi) is 5.15. The van der Waals surface area contributed by atoms with Crippen LogP contribution in [-0.2, 0) is 4.74 Å². The SMILES string of the molecule is CCN(c1ncc(Br)cc1F)C(C)COC. The van der Waals surface area contributed by atoms with Gasteiger partial charge in [-0.3, -0.25) is 0 Å². The molecule has 1 aromatic rings. The maximum absolute atomic E-state index is 13.7. The van der Waals surface area contributed by atoms with E-state index in [9.17, 15) is 4.39 Å². The summed E-state index contributed by atoms with van der Waals surface area (Å²) in [5.41, 5.74) is 0. The van der Waals surface area contributed by atoms with Crippen LogP contribution in [0, 0.1) is 5.82 Å². The molecule has 0 fully saturated rings. The van der Waals surface area contributed by atoms with Crippen molar-refractivity contribution < 1.29 is 9.13 Å². The molecule has 0 radical (unpaired) electrons. The zero-order valence-electron chi connectivity index (χ0n) is 9.70. The van der Waals surface area contributed by atoms with Crippen LogP contribution in [0.3, 0.4) is 0 Å². The number of halogens is 2. The normalized spacial score (nSPS) is 12.6. The van der Waals surface area contributed by atoms with E-state index in [2.05, 4.69) is 20.9 Å². The molecule has 0 saturated heterocycles. The molecule has 90 valence electrons. The summed E-state index contributed by atoms with van der Waals surface area (Å²) in [6, 6.07) is 1.52. The van der Waals surface area contributed by atoms with E-state index < -0.39 is 0 Å². The van der Waals surface area contributed by atoms with Crippen LogP contribution < -0.4 is 4.90 Å². The number of aromatic nitrogens is 1. The van der Waals surface area contributed by atoms with Gasteiger partial charge in [0, 0.05) is 24.3 Å². The van der Waals surface area contributed by atoms with Gasteiger partial charge in [-0.25, -0.2) is 9.37 Å². The summed E-state index contributed by atoms with van der Waals surface area (Å²) in [5, 5.41) is 0. The first kappa shape index (κ1) is 13.4. The van der Waals surface area contributed by atoms with Gasteiger partial charge in [-0.05, 0) is 35.8 Å². The Labute approximate surface area is 104 Å². The minimum Gasteiger partial charge on any atom is -0.383 e. The molecule has 0 N–H and O–H groups in total. The third kappa shape index (κ3) is 3.15. The Hall–Kier alpha value is -0.680. The summed E-state index contributed by atoms with van der Waals surface area (Å²) < 4.78 is 19.4. The van der Waals surface area contributed by atoms with E-state index in [1.165, 1.54) is 6.07 Å². The number of hydrogen-bond acceptors (Lipinski definition) is 3. The van der Waals surface area contributed by atoms with E-state index in [0.717, 1.165) is 0 Å². The van der Waals surface area contributed by atoms with Crippen molar-refractivity contribution in [3.8, 4) is 0 Å². The molecule has 16 heavy (non-hydrogen) atoms. The minimum atomic E-state index is -0.320. The third-order valence-electron chi connectivity index (χ3n) is 2.34. The molecule has 5 heteroatoms. The molecule has 0 amide bonds. The van der Waals surface area contributed by atoms with Gasteiger partial charge in [0.25, 0.3) is 0 Å². The van der Waals surface area contributed by atoms with Crippen molar-refractivity contribution in [2.75, 3.05) is 25.2 Å². The maximum atomic E-state index is 13.7. The van der Waals surface area contributed by atoms with Gasteiger partial charge in [-0.1, -0.05) is 0 Å². The number of hydrogen-bond donors (Lipinski definition) is 0. The average molecular weight is 291 g/mol. The fourth-order valence-electron chi connectivity index (χ4n) is 1.62. The number of ether oxygens (including phenoxy) is 1. The number of anilines is 1. The molecular weight excluding hydrogens is 275 g/mol. The lowest BCUT2D eigenvalue weighted by atomic mass is 10.3. The quantitative estimate of drug-likeness (QED) is 0.834. The second-order valence-electron chi connectivity index (χ2n) is 3.55. The molecule has 1 rings (SSSR count). The molecule has 0 aliphatic carbocycles. The first-order valence-electron chi connectivity index (χ1n) is 5.16. The van der Waals surface area contributed by atoms with Crippen LogP contribution in [0.25, 0.3) is 0 Å². The number of rotatable bonds is 5.